The number of aromatic nitrogens is 2. The number of ether oxygens (including phenoxy) is 1. The van der Waals surface area contributed by atoms with Crippen molar-refractivity contribution < 1.29 is 9.53 Å². The fourth-order valence-corrected chi connectivity index (χ4v) is 2.53. The molecule has 6 nitrogen and oxygen atoms in total. The predicted octanol–water partition coefficient (Wildman–Crippen LogP) is 4.76. The molecule has 6 heteroatoms. The molecule has 0 spiro atoms. The SMILES string of the molecule is CCOC(=O)c1ccc(Nc2ccnc(Nc3cc(C)ccc3C)n2)cc1. The summed E-state index contributed by atoms with van der Waals surface area (Å²) in [6.45, 7) is 6.22. The Bertz CT molecular complexity index is 939. The smallest absolute Gasteiger partial charge is 0.338 e. The monoisotopic (exact) mass is 362 g/mol. The second kappa shape index (κ2) is 8.31. The molecule has 0 aliphatic rings. The van der Waals surface area contributed by atoms with Gasteiger partial charge >= 0.3 is 5.97 Å². The molecule has 3 rings (SSSR count). The van der Waals surface area contributed by atoms with E-state index in [0.717, 1.165) is 16.9 Å². The average molecular weight is 362 g/mol. The summed E-state index contributed by atoms with van der Waals surface area (Å²) in [5.41, 5.74) is 4.60. The van der Waals surface area contributed by atoms with Gasteiger partial charge in [0.15, 0.2) is 0 Å². The Morgan fingerprint density at radius 2 is 1.81 bits per heavy atom. The number of carbonyl (C=O) groups excluding carboxylic acids is 1. The first kappa shape index (κ1) is 18.4. The molecule has 0 aliphatic heterocycles. The summed E-state index contributed by atoms with van der Waals surface area (Å²) in [5, 5.41) is 6.46. The molecule has 0 fully saturated rings. The van der Waals surface area contributed by atoms with Crippen LogP contribution in [0.4, 0.5) is 23.1 Å². The number of nitrogens with zero attached hydrogens (tertiary/aromatic N) is 2. The van der Waals surface area contributed by atoms with Crippen LogP contribution in [0.25, 0.3) is 0 Å². The third-order valence-corrected chi connectivity index (χ3v) is 3.96. The Kier molecular flexibility index (Phi) is 5.66. The van der Waals surface area contributed by atoms with E-state index < -0.39 is 0 Å². The second-order valence-corrected chi connectivity index (χ2v) is 6.13. The lowest BCUT2D eigenvalue weighted by Gasteiger charge is -2.11. The molecule has 0 bridgehead atoms. The first-order valence-electron chi connectivity index (χ1n) is 8.76. The largest absolute Gasteiger partial charge is 0.462 e. The summed E-state index contributed by atoms with van der Waals surface area (Å²) >= 11 is 0. The molecule has 0 atom stereocenters. The number of benzene rings is 2. The van der Waals surface area contributed by atoms with Gasteiger partial charge in [-0.2, -0.15) is 4.98 Å². The van der Waals surface area contributed by atoms with E-state index in [-0.39, 0.29) is 5.97 Å². The summed E-state index contributed by atoms with van der Waals surface area (Å²) in [7, 11) is 0. The fourth-order valence-electron chi connectivity index (χ4n) is 2.53. The number of esters is 1. The maximum absolute atomic E-state index is 11.7. The molecule has 1 heterocycles. The number of rotatable bonds is 6. The molecule has 3 aromatic rings. The van der Waals surface area contributed by atoms with Gasteiger partial charge in [0.1, 0.15) is 5.82 Å². The first-order chi connectivity index (χ1) is 13.0. The third kappa shape index (κ3) is 4.82. The van der Waals surface area contributed by atoms with Crippen molar-refractivity contribution in [2.45, 2.75) is 20.8 Å². The Labute approximate surface area is 158 Å². The van der Waals surface area contributed by atoms with Gasteiger partial charge < -0.3 is 15.4 Å². The molecule has 0 unspecified atom stereocenters. The predicted molar refractivity (Wildman–Crippen MR) is 107 cm³/mol. The summed E-state index contributed by atoms with van der Waals surface area (Å²) in [6.07, 6.45) is 1.69. The second-order valence-electron chi connectivity index (χ2n) is 6.13. The van der Waals surface area contributed by atoms with Crippen LogP contribution in [0.15, 0.2) is 54.7 Å². The summed E-state index contributed by atoms with van der Waals surface area (Å²) in [6, 6.07) is 15.0. The van der Waals surface area contributed by atoms with E-state index in [1.807, 2.05) is 26.0 Å². The molecular formula is C21H22N4O2. The van der Waals surface area contributed by atoms with Crippen LogP contribution >= 0.6 is 0 Å². The molecular weight excluding hydrogens is 340 g/mol. The fraction of sp³-hybridized carbons (Fsp3) is 0.190. The average Bonchev–Trinajstić information content (AvgIpc) is 2.66. The van der Waals surface area contributed by atoms with Crippen LogP contribution in [-0.4, -0.2) is 22.5 Å². The van der Waals surface area contributed by atoms with Crippen LogP contribution in [0, 0.1) is 13.8 Å². The van der Waals surface area contributed by atoms with Gasteiger partial charge in [0.2, 0.25) is 5.95 Å². The Morgan fingerprint density at radius 1 is 1.04 bits per heavy atom. The lowest BCUT2D eigenvalue weighted by molar-refractivity contribution is 0.0526. The highest BCUT2D eigenvalue weighted by Gasteiger charge is 2.07. The Balaban J connectivity index is 1.72. The Morgan fingerprint density at radius 3 is 2.56 bits per heavy atom. The van der Waals surface area contributed by atoms with Gasteiger partial charge in [-0.3, -0.25) is 0 Å². The minimum absolute atomic E-state index is 0.328. The zero-order chi connectivity index (χ0) is 19.2. The topological polar surface area (TPSA) is 76.1 Å². The maximum atomic E-state index is 11.7. The molecule has 0 saturated carbocycles. The molecule has 0 radical (unpaired) electrons. The minimum atomic E-state index is -0.328. The standard InChI is InChI=1S/C21H22N4O2/c1-4-27-20(26)16-7-9-17(10-8-16)23-19-11-12-22-21(25-19)24-18-13-14(2)5-6-15(18)3/h5-13H,4H2,1-3H3,(H2,22,23,24,25). The van der Waals surface area contributed by atoms with Crippen LogP contribution < -0.4 is 10.6 Å². The normalized spacial score (nSPS) is 10.3. The van der Waals surface area contributed by atoms with Gasteiger partial charge in [0.25, 0.3) is 0 Å². The van der Waals surface area contributed by atoms with Crippen LogP contribution in [0.2, 0.25) is 0 Å². The van der Waals surface area contributed by atoms with E-state index in [1.54, 1.807) is 31.3 Å². The number of aryl methyl sites for hydroxylation is 2. The van der Waals surface area contributed by atoms with Gasteiger partial charge in [-0.1, -0.05) is 12.1 Å². The van der Waals surface area contributed by atoms with E-state index >= 15 is 0 Å². The first-order valence-corrected chi connectivity index (χ1v) is 8.76. The maximum Gasteiger partial charge on any atom is 0.338 e. The minimum Gasteiger partial charge on any atom is -0.462 e. The van der Waals surface area contributed by atoms with Crippen molar-refractivity contribution in [2.24, 2.45) is 0 Å². The zero-order valence-corrected chi connectivity index (χ0v) is 15.6. The van der Waals surface area contributed by atoms with E-state index in [2.05, 4.69) is 38.8 Å². The summed E-state index contributed by atoms with van der Waals surface area (Å²) in [4.78, 5) is 20.5. The number of hydrogen-bond acceptors (Lipinski definition) is 6. The van der Waals surface area contributed by atoms with Crippen molar-refractivity contribution in [1.82, 2.24) is 9.97 Å². The molecule has 2 aromatic carbocycles. The van der Waals surface area contributed by atoms with Crippen molar-refractivity contribution in [3.63, 3.8) is 0 Å². The van der Waals surface area contributed by atoms with E-state index in [1.165, 1.54) is 5.56 Å². The number of anilines is 4. The molecule has 0 saturated heterocycles. The van der Waals surface area contributed by atoms with E-state index in [0.29, 0.717) is 23.9 Å². The summed E-state index contributed by atoms with van der Waals surface area (Å²) < 4.78 is 4.99. The highest BCUT2D eigenvalue weighted by atomic mass is 16.5. The summed E-state index contributed by atoms with van der Waals surface area (Å²) in [5.74, 6) is 0.838. The highest BCUT2D eigenvalue weighted by Crippen LogP contribution is 2.21. The quantitative estimate of drug-likeness (QED) is 0.616. The van der Waals surface area contributed by atoms with E-state index in [4.69, 9.17) is 4.74 Å². The lowest BCUT2D eigenvalue weighted by Crippen LogP contribution is -2.04. The molecule has 27 heavy (non-hydrogen) atoms. The lowest BCUT2D eigenvalue weighted by atomic mass is 10.1. The van der Waals surface area contributed by atoms with Crippen LogP contribution in [0.3, 0.4) is 0 Å². The van der Waals surface area contributed by atoms with Crippen LogP contribution in [-0.2, 0) is 4.74 Å². The van der Waals surface area contributed by atoms with Gasteiger partial charge in [-0.15, -0.1) is 0 Å². The van der Waals surface area contributed by atoms with Crippen molar-refractivity contribution in [1.29, 1.82) is 0 Å². The Hall–Kier alpha value is -3.41. The van der Waals surface area contributed by atoms with Crippen LogP contribution in [0.5, 0.6) is 0 Å². The van der Waals surface area contributed by atoms with Gasteiger partial charge in [-0.25, -0.2) is 9.78 Å². The molecule has 0 aliphatic carbocycles. The van der Waals surface area contributed by atoms with E-state index in [9.17, 15) is 4.79 Å². The van der Waals surface area contributed by atoms with Gasteiger partial charge in [0, 0.05) is 17.6 Å². The molecule has 2 N–H and O–H groups in total. The van der Waals surface area contributed by atoms with Crippen molar-refractivity contribution in [3.8, 4) is 0 Å². The molecule has 138 valence electrons. The third-order valence-electron chi connectivity index (χ3n) is 3.96. The number of carbonyl (C=O) groups is 1. The number of hydrogen-bond donors (Lipinski definition) is 2. The van der Waals surface area contributed by atoms with Crippen molar-refractivity contribution in [2.75, 3.05) is 17.2 Å². The number of nitrogens with one attached hydrogen (secondary N) is 2. The van der Waals surface area contributed by atoms with Crippen molar-refractivity contribution >= 4 is 29.1 Å². The molecule has 0 amide bonds. The molecule has 1 aromatic heterocycles. The van der Waals surface area contributed by atoms with Gasteiger partial charge in [0.05, 0.1) is 12.2 Å². The highest BCUT2D eigenvalue weighted by molar-refractivity contribution is 5.89. The van der Waals surface area contributed by atoms with Crippen LogP contribution in [0.1, 0.15) is 28.4 Å². The van der Waals surface area contributed by atoms with Gasteiger partial charge in [-0.05, 0) is 68.3 Å². The van der Waals surface area contributed by atoms with Crippen molar-refractivity contribution in [3.05, 3.63) is 71.4 Å². The zero-order valence-electron chi connectivity index (χ0n) is 15.6.